The zero-order chi connectivity index (χ0) is 19.2. The van der Waals surface area contributed by atoms with Crippen LogP contribution in [0.3, 0.4) is 0 Å². The number of carbonyl (C=O) groups is 1. The third-order valence-corrected chi connectivity index (χ3v) is 5.86. The van der Waals surface area contributed by atoms with Gasteiger partial charge in [-0.25, -0.2) is 8.42 Å². The first-order valence-corrected chi connectivity index (χ1v) is 11.3. The summed E-state index contributed by atoms with van der Waals surface area (Å²) >= 11 is 7.60. The van der Waals surface area contributed by atoms with Crippen LogP contribution in [0.25, 0.3) is 0 Å². The summed E-state index contributed by atoms with van der Waals surface area (Å²) in [4.78, 5) is 12.2. The number of amides is 1. The molecule has 0 saturated heterocycles. The minimum Gasteiger partial charge on any atom is -0.468 e. The normalized spacial score (nSPS) is 11.3. The van der Waals surface area contributed by atoms with Crippen LogP contribution in [0.5, 0.6) is 0 Å². The van der Waals surface area contributed by atoms with Crippen molar-refractivity contribution in [3.05, 3.63) is 52.9 Å². The summed E-state index contributed by atoms with van der Waals surface area (Å²) in [5.74, 6) is 1.93. The van der Waals surface area contributed by atoms with Gasteiger partial charge >= 0.3 is 0 Å². The molecule has 9 heteroatoms. The van der Waals surface area contributed by atoms with E-state index in [1.54, 1.807) is 43.1 Å². The number of aryl methyl sites for hydroxylation is 1. The lowest BCUT2D eigenvalue weighted by Gasteiger charge is -2.23. The van der Waals surface area contributed by atoms with Crippen molar-refractivity contribution in [1.29, 1.82) is 0 Å². The number of nitrogens with zero attached hydrogens (tertiary/aromatic N) is 1. The van der Waals surface area contributed by atoms with E-state index in [-0.39, 0.29) is 12.5 Å². The van der Waals surface area contributed by atoms with Crippen molar-refractivity contribution in [3.8, 4) is 0 Å². The number of hydrogen-bond acceptors (Lipinski definition) is 5. The maximum Gasteiger partial charge on any atom is 0.240 e. The number of benzene rings is 1. The summed E-state index contributed by atoms with van der Waals surface area (Å²) in [7, 11) is -3.62. The third-order valence-electron chi connectivity index (χ3n) is 3.52. The van der Waals surface area contributed by atoms with Crippen LogP contribution in [0.4, 0.5) is 5.69 Å². The fourth-order valence-corrected chi connectivity index (χ4v) is 4.08. The number of hydrogen-bond donors (Lipinski definition) is 1. The second-order valence-corrected chi connectivity index (χ2v) is 9.13. The van der Waals surface area contributed by atoms with Crippen LogP contribution in [-0.2, 0) is 20.6 Å². The third kappa shape index (κ3) is 6.26. The highest BCUT2D eigenvalue weighted by atomic mass is 35.5. The molecular formula is C17H21ClN2O4S2. The van der Waals surface area contributed by atoms with Crippen LogP contribution < -0.4 is 9.62 Å². The van der Waals surface area contributed by atoms with Crippen molar-refractivity contribution in [2.24, 2.45) is 0 Å². The second-order valence-electron chi connectivity index (χ2n) is 5.68. The Kier molecular flexibility index (Phi) is 7.43. The van der Waals surface area contributed by atoms with E-state index in [1.807, 2.05) is 12.1 Å². The highest BCUT2D eigenvalue weighted by Gasteiger charge is 2.22. The number of halogens is 1. The lowest BCUT2D eigenvalue weighted by atomic mass is 10.2. The maximum absolute atomic E-state index is 12.2. The lowest BCUT2D eigenvalue weighted by molar-refractivity contribution is -0.119. The summed E-state index contributed by atoms with van der Waals surface area (Å²) in [6.07, 6.45) is 2.69. The summed E-state index contributed by atoms with van der Waals surface area (Å²) in [5, 5.41) is 3.15. The van der Waals surface area contributed by atoms with Crippen molar-refractivity contribution in [3.63, 3.8) is 0 Å². The van der Waals surface area contributed by atoms with E-state index in [4.69, 9.17) is 16.0 Å². The summed E-state index contributed by atoms with van der Waals surface area (Å²) in [5.41, 5.74) is 1.13. The van der Waals surface area contributed by atoms with E-state index in [2.05, 4.69) is 5.32 Å². The van der Waals surface area contributed by atoms with E-state index in [9.17, 15) is 13.2 Å². The Labute approximate surface area is 162 Å². The van der Waals surface area contributed by atoms with E-state index in [1.165, 1.54) is 0 Å². The molecule has 2 aromatic rings. The predicted octanol–water partition coefficient (Wildman–Crippen LogP) is 3.06. The van der Waals surface area contributed by atoms with Gasteiger partial charge in [-0.2, -0.15) is 11.8 Å². The molecule has 1 N–H and O–H groups in total. The monoisotopic (exact) mass is 416 g/mol. The molecule has 0 unspecified atom stereocenters. The number of sulfonamides is 1. The minimum atomic E-state index is -3.62. The van der Waals surface area contributed by atoms with Gasteiger partial charge in [0.1, 0.15) is 12.3 Å². The summed E-state index contributed by atoms with van der Waals surface area (Å²) < 4.78 is 30.6. The standard InChI is InChI=1S/C17H21ClN2O4S2/c1-13-5-6-14(18)10-16(13)20(26(2,22)23)11-17(21)19-7-9-25-12-15-4-3-8-24-15/h3-6,8,10H,7,9,11-12H2,1-2H3,(H,19,21). The van der Waals surface area contributed by atoms with E-state index in [0.29, 0.717) is 23.0 Å². The molecular weight excluding hydrogens is 396 g/mol. The number of carbonyl (C=O) groups excluding carboxylic acids is 1. The molecule has 0 aliphatic rings. The molecule has 1 aromatic heterocycles. The van der Waals surface area contributed by atoms with Gasteiger partial charge in [-0.05, 0) is 36.8 Å². The molecule has 0 aliphatic heterocycles. The van der Waals surface area contributed by atoms with Crippen LogP contribution in [0.1, 0.15) is 11.3 Å². The Morgan fingerprint density at radius 1 is 1.35 bits per heavy atom. The van der Waals surface area contributed by atoms with Crippen LogP contribution in [0, 0.1) is 6.92 Å². The molecule has 0 bridgehead atoms. The highest BCUT2D eigenvalue weighted by molar-refractivity contribution is 7.98. The van der Waals surface area contributed by atoms with Crippen LogP contribution in [0.2, 0.25) is 5.02 Å². The number of thioether (sulfide) groups is 1. The van der Waals surface area contributed by atoms with Crippen molar-refractivity contribution < 1.29 is 17.6 Å². The van der Waals surface area contributed by atoms with Crippen molar-refractivity contribution in [1.82, 2.24) is 5.32 Å². The molecule has 1 heterocycles. The van der Waals surface area contributed by atoms with Crippen molar-refractivity contribution in [2.75, 3.05) is 29.4 Å². The quantitative estimate of drug-likeness (QED) is 0.635. The molecule has 26 heavy (non-hydrogen) atoms. The summed E-state index contributed by atoms with van der Waals surface area (Å²) in [6.45, 7) is 1.92. The molecule has 2 rings (SSSR count). The van der Waals surface area contributed by atoms with Gasteiger partial charge in [-0.1, -0.05) is 17.7 Å². The van der Waals surface area contributed by atoms with Crippen LogP contribution in [0.15, 0.2) is 41.0 Å². The average Bonchev–Trinajstić information content (AvgIpc) is 3.07. The zero-order valence-corrected chi connectivity index (χ0v) is 17.0. The van der Waals surface area contributed by atoms with Gasteiger partial charge in [0, 0.05) is 17.3 Å². The first kappa shape index (κ1) is 20.7. The molecule has 0 spiro atoms. The van der Waals surface area contributed by atoms with Gasteiger partial charge in [-0.3, -0.25) is 9.10 Å². The molecule has 0 atom stereocenters. The molecule has 6 nitrogen and oxygen atoms in total. The Balaban J connectivity index is 1.89. The molecule has 0 aliphatic carbocycles. The van der Waals surface area contributed by atoms with E-state index in [0.717, 1.165) is 27.6 Å². The van der Waals surface area contributed by atoms with Gasteiger partial charge < -0.3 is 9.73 Å². The second kappa shape index (κ2) is 9.34. The van der Waals surface area contributed by atoms with Crippen molar-refractivity contribution in [2.45, 2.75) is 12.7 Å². The number of rotatable bonds is 9. The number of anilines is 1. The fraction of sp³-hybridized carbons (Fsp3) is 0.353. The first-order valence-electron chi connectivity index (χ1n) is 7.88. The number of nitrogens with one attached hydrogen (secondary N) is 1. The molecule has 1 amide bonds. The lowest BCUT2D eigenvalue weighted by Crippen LogP contribution is -2.41. The van der Waals surface area contributed by atoms with E-state index < -0.39 is 10.0 Å². The topological polar surface area (TPSA) is 79.6 Å². The average molecular weight is 417 g/mol. The van der Waals surface area contributed by atoms with Gasteiger partial charge in [-0.15, -0.1) is 0 Å². The Morgan fingerprint density at radius 3 is 2.77 bits per heavy atom. The van der Waals surface area contributed by atoms with Crippen LogP contribution >= 0.6 is 23.4 Å². The maximum atomic E-state index is 12.2. The number of furan rings is 1. The smallest absolute Gasteiger partial charge is 0.240 e. The Hall–Kier alpha value is -1.64. The van der Waals surface area contributed by atoms with Gasteiger partial charge in [0.2, 0.25) is 15.9 Å². The predicted molar refractivity (Wildman–Crippen MR) is 106 cm³/mol. The molecule has 0 radical (unpaired) electrons. The summed E-state index contributed by atoms with van der Waals surface area (Å²) in [6, 6.07) is 8.67. The molecule has 0 saturated carbocycles. The van der Waals surface area contributed by atoms with Crippen LogP contribution in [-0.4, -0.2) is 39.4 Å². The largest absolute Gasteiger partial charge is 0.468 e. The molecule has 142 valence electrons. The molecule has 0 fully saturated rings. The van der Waals surface area contributed by atoms with E-state index >= 15 is 0 Å². The van der Waals surface area contributed by atoms with Crippen molar-refractivity contribution >= 4 is 45.0 Å². The Bertz CT molecular complexity index is 838. The highest BCUT2D eigenvalue weighted by Crippen LogP contribution is 2.26. The van der Waals surface area contributed by atoms with Gasteiger partial charge in [0.05, 0.1) is 24.0 Å². The van der Waals surface area contributed by atoms with Gasteiger partial charge in [0.25, 0.3) is 0 Å². The fourth-order valence-electron chi connectivity index (χ4n) is 2.25. The zero-order valence-electron chi connectivity index (χ0n) is 14.6. The Morgan fingerprint density at radius 2 is 2.12 bits per heavy atom. The first-order chi connectivity index (χ1) is 12.3. The van der Waals surface area contributed by atoms with Gasteiger partial charge in [0.15, 0.2) is 0 Å². The molecule has 1 aromatic carbocycles. The minimum absolute atomic E-state index is 0.289. The SMILES string of the molecule is Cc1ccc(Cl)cc1N(CC(=O)NCCSCc1ccco1)S(C)(=O)=O.